The number of aliphatic hydroxyl groups excluding tert-OH is 1. The van der Waals surface area contributed by atoms with Gasteiger partial charge in [-0.3, -0.25) is 10.1 Å². The van der Waals surface area contributed by atoms with Crippen LogP contribution in [0.3, 0.4) is 0 Å². The Morgan fingerprint density at radius 2 is 1.87 bits per heavy atom. The van der Waals surface area contributed by atoms with E-state index < -0.39 is 17.6 Å². The third-order valence-electron chi connectivity index (χ3n) is 3.17. The summed E-state index contributed by atoms with van der Waals surface area (Å²) < 4.78 is 11.0. The molecule has 122 valence electrons. The first-order chi connectivity index (χ1) is 11.1. The Bertz CT molecular complexity index is 617. The Morgan fingerprint density at radius 1 is 1.09 bits per heavy atom. The fourth-order valence-electron chi connectivity index (χ4n) is 2.04. The van der Waals surface area contributed by atoms with Crippen molar-refractivity contribution < 1.29 is 19.5 Å². The zero-order valence-electron chi connectivity index (χ0n) is 12.6. The van der Waals surface area contributed by atoms with Crippen LogP contribution < -0.4 is 4.74 Å². The second kappa shape index (κ2) is 8.87. The highest BCUT2D eigenvalue weighted by Gasteiger charge is 2.14. The van der Waals surface area contributed by atoms with Crippen LogP contribution >= 0.6 is 0 Å². The number of rotatable bonds is 9. The smallest absolute Gasteiger partial charge is 0.233 e. The van der Waals surface area contributed by atoms with Crippen molar-refractivity contribution in [2.45, 2.75) is 12.7 Å². The standard InChI is InChI=1S/C17H19NO5/c19-17(12-18(20)21)15-7-4-8-16(11-15)23-10-9-22-13-14-5-2-1-3-6-14/h1-8,11,17,19H,9-10,12-13H2. The highest BCUT2D eigenvalue weighted by molar-refractivity contribution is 5.29. The van der Waals surface area contributed by atoms with E-state index in [-0.39, 0.29) is 0 Å². The minimum absolute atomic E-state index is 0.363. The molecule has 0 fully saturated rings. The van der Waals surface area contributed by atoms with Crippen molar-refractivity contribution in [2.24, 2.45) is 0 Å². The number of nitrogens with zero attached hydrogens (tertiary/aromatic N) is 1. The predicted octanol–water partition coefficient (Wildman–Crippen LogP) is 2.59. The van der Waals surface area contributed by atoms with Crippen molar-refractivity contribution in [3.8, 4) is 5.75 Å². The summed E-state index contributed by atoms with van der Waals surface area (Å²) in [4.78, 5) is 9.88. The van der Waals surface area contributed by atoms with E-state index in [2.05, 4.69) is 0 Å². The van der Waals surface area contributed by atoms with Gasteiger partial charge in [0.2, 0.25) is 6.54 Å². The molecule has 1 atom stereocenters. The van der Waals surface area contributed by atoms with Crippen LogP contribution in [0.2, 0.25) is 0 Å². The first kappa shape index (κ1) is 16.9. The van der Waals surface area contributed by atoms with Gasteiger partial charge in [0.25, 0.3) is 0 Å². The van der Waals surface area contributed by atoms with Gasteiger partial charge in [-0.05, 0) is 23.3 Å². The molecule has 0 radical (unpaired) electrons. The minimum Gasteiger partial charge on any atom is -0.491 e. The third-order valence-corrected chi connectivity index (χ3v) is 3.17. The van der Waals surface area contributed by atoms with Crippen molar-refractivity contribution in [2.75, 3.05) is 19.8 Å². The van der Waals surface area contributed by atoms with Gasteiger partial charge in [-0.15, -0.1) is 0 Å². The van der Waals surface area contributed by atoms with Gasteiger partial charge < -0.3 is 14.6 Å². The lowest BCUT2D eigenvalue weighted by molar-refractivity contribution is -0.491. The molecule has 2 aromatic carbocycles. The van der Waals surface area contributed by atoms with Gasteiger partial charge in [-0.2, -0.15) is 0 Å². The Labute approximate surface area is 134 Å². The summed E-state index contributed by atoms with van der Waals surface area (Å²) in [5.74, 6) is 0.549. The second-order valence-electron chi connectivity index (χ2n) is 4.99. The largest absolute Gasteiger partial charge is 0.491 e. The third kappa shape index (κ3) is 6.06. The molecule has 2 rings (SSSR count). The van der Waals surface area contributed by atoms with Crippen LogP contribution in [0.1, 0.15) is 17.2 Å². The average molecular weight is 317 g/mol. The molecular formula is C17H19NO5. The van der Waals surface area contributed by atoms with Gasteiger partial charge in [0.05, 0.1) is 13.2 Å². The zero-order chi connectivity index (χ0) is 16.5. The first-order valence-electron chi connectivity index (χ1n) is 7.29. The average Bonchev–Trinajstić information content (AvgIpc) is 2.55. The second-order valence-corrected chi connectivity index (χ2v) is 4.99. The zero-order valence-corrected chi connectivity index (χ0v) is 12.6. The van der Waals surface area contributed by atoms with Gasteiger partial charge in [0.1, 0.15) is 18.5 Å². The van der Waals surface area contributed by atoms with Crippen LogP contribution in [-0.4, -0.2) is 29.8 Å². The van der Waals surface area contributed by atoms with Crippen LogP contribution in [0.5, 0.6) is 5.75 Å². The summed E-state index contributed by atoms with van der Waals surface area (Å²) in [6.07, 6.45) is -1.14. The van der Waals surface area contributed by atoms with E-state index in [1.54, 1.807) is 24.3 Å². The Hall–Kier alpha value is -2.44. The highest BCUT2D eigenvalue weighted by atomic mass is 16.6. The first-order valence-corrected chi connectivity index (χ1v) is 7.29. The van der Waals surface area contributed by atoms with Gasteiger partial charge in [0, 0.05) is 4.92 Å². The topological polar surface area (TPSA) is 81.8 Å². The SMILES string of the molecule is O=[N+]([O-])CC(O)c1cccc(OCCOCc2ccccc2)c1. The lowest BCUT2D eigenvalue weighted by Crippen LogP contribution is -2.12. The van der Waals surface area contributed by atoms with Crippen molar-refractivity contribution in [3.05, 3.63) is 75.8 Å². The van der Waals surface area contributed by atoms with E-state index >= 15 is 0 Å². The van der Waals surface area contributed by atoms with Crippen molar-refractivity contribution in [3.63, 3.8) is 0 Å². The number of hydrogen-bond acceptors (Lipinski definition) is 5. The van der Waals surface area contributed by atoms with E-state index in [1.165, 1.54) is 0 Å². The summed E-state index contributed by atoms with van der Waals surface area (Å²) in [6.45, 7) is 0.785. The maximum atomic E-state index is 10.4. The van der Waals surface area contributed by atoms with Crippen LogP contribution in [0.4, 0.5) is 0 Å². The molecule has 6 nitrogen and oxygen atoms in total. The molecule has 0 amide bonds. The van der Waals surface area contributed by atoms with Crippen molar-refractivity contribution >= 4 is 0 Å². The number of nitro groups is 1. The molecule has 1 N–H and O–H groups in total. The molecule has 0 saturated heterocycles. The van der Waals surface area contributed by atoms with Crippen molar-refractivity contribution in [1.82, 2.24) is 0 Å². The lowest BCUT2D eigenvalue weighted by atomic mass is 10.1. The van der Waals surface area contributed by atoms with Gasteiger partial charge in [0.15, 0.2) is 0 Å². The van der Waals surface area contributed by atoms with E-state index in [0.29, 0.717) is 31.1 Å². The van der Waals surface area contributed by atoms with E-state index in [4.69, 9.17) is 9.47 Å². The molecule has 0 heterocycles. The van der Waals surface area contributed by atoms with E-state index in [1.807, 2.05) is 30.3 Å². The molecule has 23 heavy (non-hydrogen) atoms. The molecule has 0 aliphatic rings. The van der Waals surface area contributed by atoms with Crippen LogP contribution in [0.15, 0.2) is 54.6 Å². The maximum Gasteiger partial charge on any atom is 0.233 e. The summed E-state index contributed by atoms with van der Waals surface area (Å²) >= 11 is 0. The summed E-state index contributed by atoms with van der Waals surface area (Å²) in [6, 6.07) is 16.5. The monoisotopic (exact) mass is 317 g/mol. The minimum atomic E-state index is -1.14. The summed E-state index contributed by atoms with van der Waals surface area (Å²) in [7, 11) is 0. The quantitative estimate of drug-likeness (QED) is 0.437. The fourth-order valence-corrected chi connectivity index (χ4v) is 2.04. The van der Waals surface area contributed by atoms with Crippen LogP contribution in [0.25, 0.3) is 0 Å². The predicted molar refractivity (Wildman–Crippen MR) is 84.9 cm³/mol. The Balaban J connectivity index is 1.74. The lowest BCUT2D eigenvalue weighted by Gasteiger charge is -2.10. The summed E-state index contributed by atoms with van der Waals surface area (Å²) in [5.41, 5.74) is 1.56. The van der Waals surface area contributed by atoms with Crippen molar-refractivity contribution in [1.29, 1.82) is 0 Å². The molecule has 1 unspecified atom stereocenters. The Kier molecular flexibility index (Phi) is 6.53. The molecule has 2 aromatic rings. The molecule has 0 aromatic heterocycles. The number of benzene rings is 2. The van der Waals surface area contributed by atoms with E-state index in [0.717, 1.165) is 5.56 Å². The normalized spacial score (nSPS) is 11.9. The van der Waals surface area contributed by atoms with E-state index in [9.17, 15) is 15.2 Å². The molecule has 6 heteroatoms. The van der Waals surface area contributed by atoms with Gasteiger partial charge in [-0.25, -0.2) is 0 Å². The molecule has 0 aliphatic heterocycles. The summed E-state index contributed by atoms with van der Waals surface area (Å²) in [5, 5.41) is 20.2. The molecule has 0 saturated carbocycles. The van der Waals surface area contributed by atoms with Gasteiger partial charge in [-0.1, -0.05) is 42.5 Å². The number of aliphatic hydroxyl groups is 1. The molecule has 0 aliphatic carbocycles. The number of hydrogen-bond donors (Lipinski definition) is 1. The maximum absolute atomic E-state index is 10.4. The molecule has 0 bridgehead atoms. The number of ether oxygens (including phenoxy) is 2. The highest BCUT2D eigenvalue weighted by Crippen LogP contribution is 2.19. The molecular weight excluding hydrogens is 298 g/mol. The fraction of sp³-hybridized carbons (Fsp3) is 0.294. The Morgan fingerprint density at radius 3 is 2.61 bits per heavy atom. The van der Waals surface area contributed by atoms with Crippen LogP contribution in [0, 0.1) is 10.1 Å². The van der Waals surface area contributed by atoms with Gasteiger partial charge >= 0.3 is 0 Å². The van der Waals surface area contributed by atoms with Crippen LogP contribution in [-0.2, 0) is 11.3 Å². The molecule has 0 spiro atoms.